The Morgan fingerprint density at radius 3 is 1.78 bits per heavy atom. The molecule has 0 bridgehead atoms. The Hall–Kier alpha value is -0.440. The summed E-state index contributed by atoms with van der Waals surface area (Å²) in [6.45, 7) is 8.43. The summed E-state index contributed by atoms with van der Waals surface area (Å²) in [6.07, 6.45) is 0.970. The highest BCUT2D eigenvalue weighted by Gasteiger charge is 2.01. The number of hydrogen-bond acceptors (Lipinski definition) is 0. The first-order valence-electron chi connectivity index (χ1n) is 3.06. The topological polar surface area (TPSA) is 0 Å². The lowest BCUT2D eigenvalue weighted by Gasteiger charge is -2.06. The first kappa shape index (κ1) is 11.4. The van der Waals surface area contributed by atoms with E-state index in [1.807, 2.05) is 0 Å². The Morgan fingerprint density at radius 2 is 1.67 bits per heavy atom. The normalized spacial score (nSPS) is 8.89. The van der Waals surface area contributed by atoms with Gasteiger partial charge in [0.05, 0.1) is 0 Å². The minimum atomic E-state index is 0. The predicted octanol–water partition coefficient (Wildman–Crippen LogP) is 3.08. The molecule has 0 nitrogen and oxygen atoms in total. The maximum absolute atomic E-state index is 3.12. The molecule has 0 rings (SSSR count). The van der Waals surface area contributed by atoms with Crippen molar-refractivity contribution in [3.63, 3.8) is 0 Å². The minimum Gasteiger partial charge on any atom is -0.103 e. The van der Waals surface area contributed by atoms with Gasteiger partial charge in [-0.25, -0.2) is 0 Å². The molecule has 0 heterocycles. The van der Waals surface area contributed by atoms with Gasteiger partial charge in [-0.3, -0.25) is 0 Å². The third-order valence-corrected chi connectivity index (χ3v) is 0.640. The van der Waals surface area contributed by atoms with Crippen molar-refractivity contribution in [1.29, 1.82) is 0 Å². The zero-order chi connectivity index (χ0) is 6.62. The van der Waals surface area contributed by atoms with Gasteiger partial charge < -0.3 is 0 Å². The molecule has 0 spiro atoms. The van der Waals surface area contributed by atoms with Crippen LogP contribution in [0.15, 0.2) is 0 Å². The van der Waals surface area contributed by atoms with E-state index in [1.54, 1.807) is 0 Å². The van der Waals surface area contributed by atoms with E-state index in [0.29, 0.717) is 0 Å². The molecule has 0 saturated heterocycles. The van der Waals surface area contributed by atoms with Crippen LogP contribution in [0.3, 0.4) is 0 Å². The van der Waals surface area contributed by atoms with Gasteiger partial charge >= 0.3 is 0 Å². The third-order valence-electron chi connectivity index (χ3n) is 0.640. The largest absolute Gasteiger partial charge is 0.103 e. The van der Waals surface area contributed by atoms with Gasteiger partial charge in [0, 0.05) is 11.8 Å². The maximum Gasteiger partial charge on any atom is 0.0230 e. The molecule has 0 aromatic heterocycles. The fourth-order valence-corrected chi connectivity index (χ4v) is 0.354. The van der Waals surface area contributed by atoms with Crippen molar-refractivity contribution in [2.24, 2.45) is 5.41 Å². The summed E-state index contributed by atoms with van der Waals surface area (Å²) in [5.41, 5.74) is 0.190. The van der Waals surface area contributed by atoms with Crippen molar-refractivity contribution < 1.29 is 0 Å². The van der Waals surface area contributed by atoms with Crippen LogP contribution in [0.2, 0.25) is 0 Å². The molecular formula is C9H18. The van der Waals surface area contributed by atoms with E-state index >= 15 is 0 Å². The zero-order valence-corrected chi connectivity index (χ0v) is 6.21. The summed E-state index contributed by atoms with van der Waals surface area (Å²) >= 11 is 0. The van der Waals surface area contributed by atoms with Gasteiger partial charge in [0.1, 0.15) is 0 Å². The highest BCUT2D eigenvalue weighted by atomic mass is 14.0. The van der Waals surface area contributed by atoms with Crippen molar-refractivity contribution in [2.75, 3.05) is 0 Å². The lowest BCUT2D eigenvalue weighted by atomic mass is 9.98. The monoisotopic (exact) mass is 126 g/mol. The number of hydrogen-bond donors (Lipinski definition) is 0. The van der Waals surface area contributed by atoms with E-state index in [4.69, 9.17) is 0 Å². The summed E-state index contributed by atoms with van der Waals surface area (Å²) in [4.78, 5) is 0. The van der Waals surface area contributed by atoms with E-state index in [2.05, 4.69) is 39.5 Å². The molecule has 9 heavy (non-hydrogen) atoms. The van der Waals surface area contributed by atoms with Gasteiger partial charge in [0.15, 0.2) is 0 Å². The lowest BCUT2D eigenvalue weighted by Crippen LogP contribution is -1.98. The van der Waals surface area contributed by atoms with E-state index in [1.165, 1.54) is 0 Å². The molecule has 0 aromatic rings. The molecule has 0 amide bonds. The highest BCUT2D eigenvalue weighted by molar-refractivity contribution is 5.06. The molecule has 0 aliphatic rings. The smallest absolute Gasteiger partial charge is 0.0230 e. The second kappa shape index (κ2) is 4.44. The van der Waals surface area contributed by atoms with Gasteiger partial charge in [-0.15, -0.1) is 5.92 Å². The summed E-state index contributed by atoms with van der Waals surface area (Å²) in [5.74, 6) is 6.16. The SMILES string of the molecule is C.CCC#CC(C)(C)C. The molecule has 0 atom stereocenters. The molecule has 0 aliphatic heterocycles. The van der Waals surface area contributed by atoms with E-state index in [0.717, 1.165) is 6.42 Å². The molecule has 0 saturated carbocycles. The van der Waals surface area contributed by atoms with Crippen LogP contribution in [0.25, 0.3) is 0 Å². The Balaban J connectivity index is 0. The first-order valence-corrected chi connectivity index (χ1v) is 3.06. The quantitative estimate of drug-likeness (QED) is 0.437. The minimum absolute atomic E-state index is 0. The Morgan fingerprint density at radius 1 is 1.22 bits per heavy atom. The van der Waals surface area contributed by atoms with Gasteiger partial charge in [0.2, 0.25) is 0 Å². The van der Waals surface area contributed by atoms with Crippen LogP contribution in [0.1, 0.15) is 41.5 Å². The van der Waals surface area contributed by atoms with Gasteiger partial charge in [-0.1, -0.05) is 20.3 Å². The van der Waals surface area contributed by atoms with Crippen molar-refractivity contribution in [2.45, 2.75) is 41.5 Å². The molecule has 0 radical (unpaired) electrons. The average molecular weight is 126 g/mol. The molecule has 54 valence electrons. The molecule has 0 aromatic carbocycles. The predicted molar refractivity (Wildman–Crippen MR) is 44.3 cm³/mol. The summed E-state index contributed by atoms with van der Waals surface area (Å²) < 4.78 is 0. The van der Waals surface area contributed by atoms with Gasteiger partial charge in [-0.2, -0.15) is 0 Å². The van der Waals surface area contributed by atoms with E-state index in [9.17, 15) is 0 Å². The van der Waals surface area contributed by atoms with E-state index < -0.39 is 0 Å². The van der Waals surface area contributed by atoms with Crippen molar-refractivity contribution in [3.8, 4) is 11.8 Å². The van der Waals surface area contributed by atoms with Gasteiger partial charge in [-0.05, 0) is 20.8 Å². The van der Waals surface area contributed by atoms with Crippen LogP contribution >= 0.6 is 0 Å². The van der Waals surface area contributed by atoms with Crippen LogP contribution in [0.5, 0.6) is 0 Å². The molecule has 0 aliphatic carbocycles. The van der Waals surface area contributed by atoms with Crippen molar-refractivity contribution in [3.05, 3.63) is 0 Å². The maximum atomic E-state index is 3.12. The van der Waals surface area contributed by atoms with Crippen LogP contribution in [0, 0.1) is 17.3 Å². The van der Waals surface area contributed by atoms with Crippen molar-refractivity contribution in [1.82, 2.24) is 0 Å². The van der Waals surface area contributed by atoms with E-state index in [-0.39, 0.29) is 12.8 Å². The van der Waals surface area contributed by atoms with Crippen LogP contribution in [0.4, 0.5) is 0 Å². The van der Waals surface area contributed by atoms with Crippen LogP contribution in [-0.4, -0.2) is 0 Å². The standard InChI is InChI=1S/C8H14.CH4/c1-5-6-7-8(2,3)4;/h5H2,1-4H3;1H4. The summed E-state index contributed by atoms with van der Waals surface area (Å²) in [7, 11) is 0. The van der Waals surface area contributed by atoms with Crippen molar-refractivity contribution >= 4 is 0 Å². The average Bonchev–Trinajstić information content (AvgIpc) is 1.59. The summed E-state index contributed by atoms with van der Waals surface area (Å²) in [5, 5.41) is 0. The van der Waals surface area contributed by atoms with Crippen LogP contribution in [-0.2, 0) is 0 Å². The molecule has 0 N–H and O–H groups in total. The first-order chi connectivity index (χ1) is 3.56. The van der Waals surface area contributed by atoms with Gasteiger partial charge in [0.25, 0.3) is 0 Å². The van der Waals surface area contributed by atoms with Crippen LogP contribution < -0.4 is 0 Å². The molecular weight excluding hydrogens is 108 g/mol. The summed E-state index contributed by atoms with van der Waals surface area (Å²) in [6, 6.07) is 0. The Kier molecular flexibility index (Phi) is 5.61. The Labute approximate surface area is 59.7 Å². The second-order valence-corrected chi connectivity index (χ2v) is 2.91. The lowest BCUT2D eigenvalue weighted by molar-refractivity contribution is 0.570. The molecule has 0 fully saturated rings. The zero-order valence-electron chi connectivity index (χ0n) is 6.21. The highest BCUT2D eigenvalue weighted by Crippen LogP contribution is 2.09. The number of rotatable bonds is 0. The third kappa shape index (κ3) is 11.2. The fourth-order valence-electron chi connectivity index (χ4n) is 0.354. The second-order valence-electron chi connectivity index (χ2n) is 2.91. The molecule has 0 unspecified atom stereocenters. The Bertz CT molecular complexity index is 104. The molecule has 0 heteroatoms. The fraction of sp³-hybridized carbons (Fsp3) is 0.778.